The van der Waals surface area contributed by atoms with Crippen LogP contribution in [0.15, 0.2) is 18.2 Å². The first-order chi connectivity index (χ1) is 10.3. The zero-order chi connectivity index (χ0) is 16.3. The summed E-state index contributed by atoms with van der Waals surface area (Å²) in [6, 6.07) is 4.82. The number of carboxylic acids is 1. The van der Waals surface area contributed by atoms with Gasteiger partial charge in [0.1, 0.15) is 11.3 Å². The average Bonchev–Trinajstić information content (AvgIpc) is 2.46. The van der Waals surface area contributed by atoms with E-state index in [9.17, 15) is 18.0 Å². The van der Waals surface area contributed by atoms with Gasteiger partial charge in [0.05, 0.1) is 13.0 Å². The third-order valence-electron chi connectivity index (χ3n) is 3.95. The molecule has 0 radical (unpaired) electrons. The Hall–Kier alpha value is -1.76. The predicted molar refractivity (Wildman–Crippen MR) is 74.0 cm³/mol. The van der Waals surface area contributed by atoms with Gasteiger partial charge in [0.2, 0.25) is 0 Å². The summed E-state index contributed by atoms with van der Waals surface area (Å²) in [6.07, 6.45) is -3.94. The van der Waals surface area contributed by atoms with E-state index in [4.69, 9.17) is 9.84 Å². The fourth-order valence-corrected chi connectivity index (χ4v) is 2.70. The Bertz CT molecular complexity index is 537. The zero-order valence-electron chi connectivity index (χ0n) is 12.2. The molecule has 2 rings (SSSR count). The maximum absolute atomic E-state index is 12.6. The predicted octanol–water partition coefficient (Wildman–Crippen LogP) is 3.17. The van der Waals surface area contributed by atoms with Crippen molar-refractivity contribution in [2.24, 2.45) is 5.92 Å². The number of alkyl halides is 3. The summed E-state index contributed by atoms with van der Waals surface area (Å²) in [4.78, 5) is 13.1. The minimum Gasteiger partial charge on any atom is -0.496 e. The molecule has 0 amide bonds. The monoisotopic (exact) mass is 317 g/mol. The van der Waals surface area contributed by atoms with Crippen molar-refractivity contribution in [3.63, 3.8) is 0 Å². The molecule has 1 aliphatic rings. The van der Waals surface area contributed by atoms with Crippen molar-refractivity contribution in [2.75, 3.05) is 20.2 Å². The molecular formula is C15H18F3NO3. The number of piperidine rings is 1. The zero-order valence-corrected chi connectivity index (χ0v) is 12.2. The molecule has 0 aromatic heterocycles. The van der Waals surface area contributed by atoms with Crippen molar-refractivity contribution in [1.29, 1.82) is 0 Å². The smallest absolute Gasteiger partial charge is 0.391 e. The van der Waals surface area contributed by atoms with E-state index in [0.29, 0.717) is 19.6 Å². The van der Waals surface area contributed by atoms with Crippen molar-refractivity contribution in [3.8, 4) is 5.75 Å². The third kappa shape index (κ3) is 3.91. The van der Waals surface area contributed by atoms with Gasteiger partial charge in [-0.15, -0.1) is 0 Å². The van der Waals surface area contributed by atoms with Gasteiger partial charge in [-0.2, -0.15) is 13.2 Å². The molecule has 0 spiro atoms. The number of ether oxygens (including phenoxy) is 1. The largest absolute Gasteiger partial charge is 0.496 e. The molecule has 1 saturated heterocycles. The lowest BCUT2D eigenvalue weighted by atomic mass is 9.96. The van der Waals surface area contributed by atoms with E-state index in [-0.39, 0.29) is 24.2 Å². The molecule has 1 aliphatic heterocycles. The molecule has 122 valence electrons. The van der Waals surface area contributed by atoms with Crippen LogP contribution < -0.4 is 4.74 Å². The summed E-state index contributed by atoms with van der Waals surface area (Å²) in [6.45, 7) is 1.16. The van der Waals surface area contributed by atoms with Crippen LogP contribution in [0.5, 0.6) is 5.75 Å². The van der Waals surface area contributed by atoms with Crippen molar-refractivity contribution in [2.45, 2.75) is 25.6 Å². The van der Waals surface area contributed by atoms with Crippen molar-refractivity contribution in [3.05, 3.63) is 29.3 Å². The summed E-state index contributed by atoms with van der Waals surface area (Å²) in [5.74, 6) is -2.05. The second-order valence-electron chi connectivity index (χ2n) is 5.43. The number of hydrogen-bond donors (Lipinski definition) is 1. The fourth-order valence-electron chi connectivity index (χ4n) is 2.70. The number of carboxylic acid groups (broad SMARTS) is 1. The summed E-state index contributed by atoms with van der Waals surface area (Å²) in [7, 11) is 1.39. The van der Waals surface area contributed by atoms with Gasteiger partial charge in [-0.25, -0.2) is 4.79 Å². The normalized spacial score (nSPS) is 17.5. The van der Waals surface area contributed by atoms with Gasteiger partial charge in [0.15, 0.2) is 0 Å². The van der Waals surface area contributed by atoms with Gasteiger partial charge >= 0.3 is 12.1 Å². The molecule has 7 heteroatoms. The molecule has 0 unspecified atom stereocenters. The highest BCUT2D eigenvalue weighted by atomic mass is 19.4. The quantitative estimate of drug-likeness (QED) is 0.927. The molecule has 0 aliphatic carbocycles. The van der Waals surface area contributed by atoms with E-state index < -0.39 is 18.1 Å². The third-order valence-corrected chi connectivity index (χ3v) is 3.95. The number of rotatable bonds is 4. The van der Waals surface area contributed by atoms with Crippen LogP contribution >= 0.6 is 0 Å². The topological polar surface area (TPSA) is 49.8 Å². The Morgan fingerprint density at radius 2 is 2.00 bits per heavy atom. The number of aromatic carboxylic acids is 1. The van der Waals surface area contributed by atoms with E-state index in [1.807, 2.05) is 4.90 Å². The lowest BCUT2D eigenvalue weighted by molar-refractivity contribution is -0.185. The molecule has 1 aromatic rings. The molecule has 0 bridgehead atoms. The maximum Gasteiger partial charge on any atom is 0.391 e. The number of hydrogen-bond acceptors (Lipinski definition) is 3. The van der Waals surface area contributed by atoms with Gasteiger partial charge in [-0.1, -0.05) is 6.07 Å². The number of halogens is 3. The molecule has 4 nitrogen and oxygen atoms in total. The second-order valence-corrected chi connectivity index (χ2v) is 5.43. The van der Waals surface area contributed by atoms with E-state index in [1.54, 1.807) is 12.1 Å². The van der Waals surface area contributed by atoms with E-state index in [1.165, 1.54) is 13.2 Å². The lowest BCUT2D eigenvalue weighted by Crippen LogP contribution is -2.38. The Labute approximate surface area is 126 Å². The summed E-state index contributed by atoms with van der Waals surface area (Å²) < 4.78 is 42.9. The first-order valence-electron chi connectivity index (χ1n) is 7.00. The molecule has 1 fully saturated rings. The average molecular weight is 317 g/mol. The summed E-state index contributed by atoms with van der Waals surface area (Å²) >= 11 is 0. The van der Waals surface area contributed by atoms with Crippen molar-refractivity contribution >= 4 is 5.97 Å². The summed E-state index contributed by atoms with van der Waals surface area (Å²) in [5.41, 5.74) is 0.814. The summed E-state index contributed by atoms with van der Waals surface area (Å²) in [5, 5.41) is 9.13. The molecule has 1 aromatic carbocycles. The van der Waals surface area contributed by atoms with Gasteiger partial charge < -0.3 is 9.84 Å². The highest BCUT2D eigenvalue weighted by Crippen LogP contribution is 2.34. The lowest BCUT2D eigenvalue weighted by Gasteiger charge is -2.32. The maximum atomic E-state index is 12.6. The van der Waals surface area contributed by atoms with Crippen LogP contribution in [0.2, 0.25) is 0 Å². The Morgan fingerprint density at radius 3 is 2.50 bits per heavy atom. The fraction of sp³-hybridized carbons (Fsp3) is 0.533. The van der Waals surface area contributed by atoms with Crippen LogP contribution in [0.25, 0.3) is 0 Å². The van der Waals surface area contributed by atoms with Gasteiger partial charge in [0, 0.05) is 6.54 Å². The number of nitrogens with zero attached hydrogens (tertiary/aromatic N) is 1. The molecular weight excluding hydrogens is 299 g/mol. The standard InChI is InChI=1S/C15H18F3NO3/c1-22-13-3-2-10(8-12(13)14(20)21)9-19-6-4-11(5-7-19)15(16,17)18/h2-3,8,11H,4-7,9H2,1H3,(H,20,21). The van der Waals surface area contributed by atoms with Gasteiger partial charge in [0.25, 0.3) is 0 Å². The van der Waals surface area contributed by atoms with Crippen molar-refractivity contribution < 1.29 is 27.8 Å². The molecule has 1 N–H and O–H groups in total. The van der Waals surface area contributed by atoms with Crippen LogP contribution in [0.3, 0.4) is 0 Å². The highest BCUT2D eigenvalue weighted by Gasteiger charge is 2.40. The van der Waals surface area contributed by atoms with Crippen LogP contribution in [0.1, 0.15) is 28.8 Å². The molecule has 0 saturated carbocycles. The van der Waals surface area contributed by atoms with Crippen LogP contribution in [-0.2, 0) is 6.54 Å². The number of benzene rings is 1. The molecule has 22 heavy (non-hydrogen) atoms. The van der Waals surface area contributed by atoms with Gasteiger partial charge in [-0.05, 0) is 43.6 Å². The Balaban J connectivity index is 2.01. The minimum atomic E-state index is -4.12. The van der Waals surface area contributed by atoms with Gasteiger partial charge in [-0.3, -0.25) is 4.90 Å². The minimum absolute atomic E-state index is 0.0603. The Morgan fingerprint density at radius 1 is 1.36 bits per heavy atom. The number of carbonyl (C=O) groups is 1. The molecule has 1 heterocycles. The first-order valence-corrected chi connectivity index (χ1v) is 7.00. The molecule has 0 atom stereocenters. The highest BCUT2D eigenvalue weighted by molar-refractivity contribution is 5.91. The number of methoxy groups -OCH3 is 1. The van der Waals surface area contributed by atoms with Crippen LogP contribution in [-0.4, -0.2) is 42.4 Å². The van der Waals surface area contributed by atoms with Crippen LogP contribution in [0, 0.1) is 5.92 Å². The first kappa shape index (κ1) is 16.6. The second kappa shape index (κ2) is 6.56. The number of likely N-dealkylation sites (tertiary alicyclic amines) is 1. The Kier molecular flexibility index (Phi) is 4.95. The SMILES string of the molecule is COc1ccc(CN2CCC(C(F)(F)F)CC2)cc1C(=O)O. The van der Waals surface area contributed by atoms with Crippen molar-refractivity contribution in [1.82, 2.24) is 4.90 Å². The van der Waals surface area contributed by atoms with E-state index >= 15 is 0 Å². The van der Waals surface area contributed by atoms with E-state index in [2.05, 4.69) is 0 Å². The van der Waals surface area contributed by atoms with Crippen LogP contribution in [0.4, 0.5) is 13.2 Å². The van der Waals surface area contributed by atoms with E-state index in [0.717, 1.165) is 5.56 Å².